The third-order valence-corrected chi connectivity index (χ3v) is 22.4. The summed E-state index contributed by atoms with van der Waals surface area (Å²) in [5.41, 5.74) is 34.3. The molecule has 0 aromatic heterocycles. The van der Waals surface area contributed by atoms with Gasteiger partial charge in [0.1, 0.15) is 0 Å². The zero-order valence-corrected chi connectivity index (χ0v) is 62.0. The summed E-state index contributed by atoms with van der Waals surface area (Å²) in [5, 5.41) is 0. The second kappa shape index (κ2) is 25.0. The number of rotatable bonds is 10. The fraction of sp³-hybridized carbons (Fsp3) is 0.168. The molecule has 1 aliphatic carbocycles. The van der Waals surface area contributed by atoms with Crippen molar-refractivity contribution < 1.29 is 1.37 Å². The highest BCUT2D eigenvalue weighted by Crippen LogP contribution is 2.60. The number of hydrogen-bond acceptors (Lipinski definition) is 2. The molecule has 0 unspecified atom stereocenters. The highest BCUT2D eigenvalue weighted by Gasteiger charge is 2.51. The Balaban J connectivity index is 1.11. The molecule has 2 aliphatic heterocycles. The van der Waals surface area contributed by atoms with Crippen LogP contribution in [0.5, 0.6) is 0 Å². The summed E-state index contributed by atoms with van der Waals surface area (Å²) < 4.78 is 10.4. The number of para-hydroxylation sites is 2. The zero-order valence-electron chi connectivity index (χ0n) is 63.0. The summed E-state index contributed by atoms with van der Waals surface area (Å²) in [6, 6.07) is 120. The van der Waals surface area contributed by atoms with Gasteiger partial charge in [0.2, 0.25) is 0 Å². The van der Waals surface area contributed by atoms with Gasteiger partial charge >= 0.3 is 0 Å². The third-order valence-electron chi connectivity index (χ3n) is 22.4. The summed E-state index contributed by atoms with van der Waals surface area (Å²) in [4.78, 5) is 5.39. The van der Waals surface area contributed by atoms with Crippen LogP contribution in [0.25, 0.3) is 77.9 Å². The average Bonchev–Trinajstić information content (AvgIpc) is 1.58. The molecular weight excluding hydrogens is 1250 g/mol. The van der Waals surface area contributed by atoms with Gasteiger partial charge in [-0.2, -0.15) is 0 Å². The minimum Gasteiger partial charge on any atom is -0.310 e. The van der Waals surface area contributed by atoms with Crippen LogP contribution >= 0.6 is 0 Å². The number of fused-ring (bicyclic) bond motifs is 7. The van der Waals surface area contributed by atoms with E-state index in [2.05, 4.69) is 396 Å². The summed E-state index contributed by atoms with van der Waals surface area (Å²) in [7, 11) is 0. The second-order valence-corrected chi connectivity index (χ2v) is 33.2. The van der Waals surface area contributed by atoms with E-state index in [1.807, 2.05) is 12.1 Å². The van der Waals surface area contributed by atoms with Crippen molar-refractivity contribution in [3.8, 4) is 77.9 Å². The van der Waals surface area contributed by atoms with Crippen molar-refractivity contribution in [1.82, 2.24) is 0 Å². The largest absolute Gasteiger partial charge is 0.310 e. The van der Waals surface area contributed by atoms with Gasteiger partial charge < -0.3 is 9.80 Å². The van der Waals surface area contributed by atoms with E-state index in [0.29, 0.717) is 6.04 Å². The first-order chi connectivity index (χ1) is 50.5. The maximum absolute atomic E-state index is 10.4. The van der Waals surface area contributed by atoms with Crippen molar-refractivity contribution >= 4 is 57.2 Å². The van der Waals surface area contributed by atoms with Gasteiger partial charge in [-0.25, -0.2) is 0 Å². The molecule has 0 radical (unpaired) electrons. The van der Waals surface area contributed by atoms with Gasteiger partial charge in [0.15, 0.2) is 0 Å². The van der Waals surface area contributed by atoms with Crippen molar-refractivity contribution in [1.29, 1.82) is 0 Å². The lowest BCUT2D eigenvalue weighted by molar-refractivity contribution is 0.568. The van der Waals surface area contributed by atoms with Crippen LogP contribution in [0.4, 0.5) is 34.1 Å². The molecule has 104 heavy (non-hydrogen) atoms. The molecule has 14 aromatic rings. The van der Waals surface area contributed by atoms with E-state index in [9.17, 15) is 1.37 Å². The Bertz CT molecular complexity index is 5220. The maximum atomic E-state index is 10.4. The molecule has 0 spiro atoms. The lowest BCUT2D eigenvalue weighted by Crippen LogP contribution is -2.61. The van der Waals surface area contributed by atoms with Gasteiger partial charge in [-0.3, -0.25) is 0 Å². The van der Waals surface area contributed by atoms with E-state index in [1.54, 1.807) is 0 Å². The lowest BCUT2D eigenvalue weighted by Gasteiger charge is -2.47. The molecule has 3 heteroatoms. The minimum absolute atomic E-state index is 0.117. The Labute approximate surface area is 618 Å². The summed E-state index contributed by atoms with van der Waals surface area (Å²) in [5.74, 6) is 0. The standard InChI is InChI=1S/C101H89BN2/c1-97(2,3)75-56-72(57-76(62-75)98(4,5)6)70-52-54-90-88(60-70)102-89-61-71(73-58-77(99(7,8)9)63-78(59-73)100(10,11)12)53-55-91(89)104(96-82(68-38-22-15-23-39-68)48-33-49-83(96)69-40-24-16-25-41-69)93-65-79(101(74-42-26-17-27-43-74)86-50-30-28-44-84(86)85-45-29-31-51-87(85)101)64-92(94(93)102)103(90)95-80(66-34-18-13-19-35-66)46-32-47-81(95)67-36-20-14-21-37-67/h13-65H,1-12H3/i42D. The number of benzene rings is 14. The van der Waals surface area contributed by atoms with Crippen LogP contribution in [0.1, 0.15) is 129 Å². The molecule has 0 fully saturated rings. The maximum Gasteiger partial charge on any atom is 0.252 e. The van der Waals surface area contributed by atoms with Crippen molar-refractivity contribution in [3.63, 3.8) is 0 Å². The fourth-order valence-corrected chi connectivity index (χ4v) is 17.0. The average molecular weight is 1340 g/mol. The Kier molecular flexibility index (Phi) is 15.6. The van der Waals surface area contributed by atoms with Gasteiger partial charge in [0.05, 0.1) is 18.2 Å². The van der Waals surface area contributed by atoms with E-state index in [0.717, 1.165) is 101 Å². The van der Waals surface area contributed by atoms with Crippen molar-refractivity contribution in [2.75, 3.05) is 9.80 Å². The number of nitrogens with zero attached hydrogens (tertiary/aromatic N) is 2. The van der Waals surface area contributed by atoms with Gasteiger partial charge in [0.25, 0.3) is 6.71 Å². The summed E-state index contributed by atoms with van der Waals surface area (Å²) in [6.45, 7) is 27.9. The normalized spacial score (nSPS) is 13.7. The lowest BCUT2D eigenvalue weighted by atomic mass is 9.33. The van der Waals surface area contributed by atoms with Crippen LogP contribution < -0.4 is 26.2 Å². The van der Waals surface area contributed by atoms with Crippen molar-refractivity contribution in [2.45, 2.75) is 110 Å². The smallest absolute Gasteiger partial charge is 0.252 e. The molecule has 506 valence electrons. The summed E-state index contributed by atoms with van der Waals surface area (Å²) >= 11 is 0. The first-order valence-corrected chi connectivity index (χ1v) is 37.2. The van der Waals surface area contributed by atoms with E-state index in [4.69, 9.17) is 0 Å². The summed E-state index contributed by atoms with van der Waals surface area (Å²) in [6.07, 6.45) is 0. The first kappa shape index (κ1) is 64.8. The van der Waals surface area contributed by atoms with Gasteiger partial charge in [-0.1, -0.05) is 380 Å². The fourth-order valence-electron chi connectivity index (χ4n) is 17.0. The van der Waals surface area contributed by atoms with Crippen LogP contribution in [-0.4, -0.2) is 6.71 Å². The number of anilines is 6. The minimum atomic E-state index is -0.994. The molecule has 0 atom stereocenters. The molecule has 0 bridgehead atoms. The zero-order chi connectivity index (χ0) is 72.5. The van der Waals surface area contributed by atoms with Crippen molar-refractivity contribution in [2.24, 2.45) is 0 Å². The van der Waals surface area contributed by atoms with E-state index in [-0.39, 0.29) is 28.4 Å². The molecule has 3 aliphatic rings. The molecule has 0 N–H and O–H groups in total. The van der Waals surface area contributed by atoms with E-state index < -0.39 is 5.41 Å². The Morgan fingerprint density at radius 1 is 0.260 bits per heavy atom. The topological polar surface area (TPSA) is 6.48 Å². The molecule has 2 nitrogen and oxygen atoms in total. The van der Waals surface area contributed by atoms with Crippen LogP contribution in [0.3, 0.4) is 0 Å². The third kappa shape index (κ3) is 11.1. The van der Waals surface area contributed by atoms with Gasteiger partial charge in [-0.15, -0.1) is 0 Å². The van der Waals surface area contributed by atoms with E-state index >= 15 is 0 Å². The molecular formula is C101H89BN2. The molecule has 0 saturated carbocycles. The van der Waals surface area contributed by atoms with Crippen LogP contribution in [0, 0.1) is 0 Å². The predicted molar refractivity (Wildman–Crippen MR) is 445 cm³/mol. The number of hydrogen-bond donors (Lipinski definition) is 0. The van der Waals surface area contributed by atoms with Crippen LogP contribution in [0.15, 0.2) is 321 Å². The molecule has 17 rings (SSSR count). The Morgan fingerprint density at radius 3 is 0.923 bits per heavy atom. The highest BCUT2D eigenvalue weighted by atomic mass is 15.2. The Morgan fingerprint density at radius 2 is 0.577 bits per heavy atom. The SMILES string of the molecule is [2H]c1ccccc1C1(c2cc3c4c(c2)N(c2c(-c5ccccc5)cccc2-c2ccccc2)c2ccc(-c5cc(C(C)(C)C)cc(C(C)(C)C)c5)cc2B4c2cc(-c4cc(C(C)(C)C)cc(C(C)(C)C)c4)ccc2N3c2c(-c3ccccc3)cccc2-c2ccccc2)c2ccccc2-c2ccccc21. The van der Waals surface area contributed by atoms with Gasteiger partial charge in [-0.05, 0) is 162 Å². The molecule has 0 amide bonds. The second-order valence-electron chi connectivity index (χ2n) is 33.2. The predicted octanol–water partition coefficient (Wildman–Crippen LogP) is 25.3. The Hall–Kier alpha value is -11.3. The molecule has 0 saturated heterocycles. The van der Waals surface area contributed by atoms with Gasteiger partial charge in [0, 0.05) is 45.0 Å². The van der Waals surface area contributed by atoms with Crippen LogP contribution in [-0.2, 0) is 27.1 Å². The van der Waals surface area contributed by atoms with E-state index in [1.165, 1.54) is 72.0 Å². The molecule has 14 aromatic carbocycles. The quantitative estimate of drug-likeness (QED) is 0.126. The highest BCUT2D eigenvalue weighted by molar-refractivity contribution is 7.00. The van der Waals surface area contributed by atoms with Crippen LogP contribution in [0.2, 0.25) is 0 Å². The van der Waals surface area contributed by atoms with Crippen molar-refractivity contribution in [3.05, 3.63) is 366 Å². The molecule has 2 heterocycles. The monoisotopic (exact) mass is 1340 g/mol. The first-order valence-electron chi connectivity index (χ1n) is 37.7.